The van der Waals surface area contributed by atoms with E-state index >= 15 is 0 Å². The number of nitrogens with two attached hydrogens (primary N) is 1. The van der Waals surface area contributed by atoms with Crippen LogP contribution in [0.3, 0.4) is 0 Å². The van der Waals surface area contributed by atoms with E-state index in [-0.39, 0.29) is 12.1 Å². The van der Waals surface area contributed by atoms with E-state index in [0.29, 0.717) is 23.0 Å². The molecule has 1 fully saturated rings. The molecule has 34 heavy (non-hydrogen) atoms. The van der Waals surface area contributed by atoms with Crippen molar-refractivity contribution in [2.24, 2.45) is 5.92 Å². The second-order valence-electron chi connectivity index (χ2n) is 8.67. The Kier molecular flexibility index (Phi) is 5.75. The largest absolute Gasteiger partial charge is 0.447 e. The molecule has 1 amide bonds. The van der Waals surface area contributed by atoms with Gasteiger partial charge in [-0.1, -0.05) is 12.1 Å². The zero-order valence-corrected chi connectivity index (χ0v) is 19.1. The Morgan fingerprint density at radius 3 is 2.56 bits per heavy atom. The Hall–Kier alpha value is -4.14. The van der Waals surface area contributed by atoms with Crippen molar-refractivity contribution >= 4 is 28.4 Å². The Balaban J connectivity index is 1.50. The number of amides is 1. The molecule has 2 heterocycles. The van der Waals surface area contributed by atoms with Gasteiger partial charge in [-0.2, -0.15) is 9.97 Å². The van der Waals surface area contributed by atoms with Crippen LogP contribution >= 0.6 is 0 Å². The molecule has 0 spiro atoms. The molecule has 2 aromatic carbocycles. The van der Waals surface area contributed by atoms with Gasteiger partial charge in [-0.15, -0.1) is 0 Å². The van der Waals surface area contributed by atoms with Crippen LogP contribution in [0.2, 0.25) is 0 Å². The molecule has 3 N–H and O–H groups in total. The highest BCUT2D eigenvalue weighted by atomic mass is 16.6. The van der Waals surface area contributed by atoms with Crippen molar-refractivity contribution in [2.45, 2.75) is 39.3 Å². The molecular formula is C25H26N6O3. The van der Waals surface area contributed by atoms with Gasteiger partial charge in [0.25, 0.3) is 0 Å². The summed E-state index contributed by atoms with van der Waals surface area (Å²) in [5.74, 6) is 1.26. The summed E-state index contributed by atoms with van der Waals surface area (Å²) in [7, 11) is 0. The van der Waals surface area contributed by atoms with E-state index in [1.54, 1.807) is 0 Å². The zero-order chi connectivity index (χ0) is 23.7. The van der Waals surface area contributed by atoms with Crippen LogP contribution in [-0.2, 0) is 11.3 Å². The lowest BCUT2D eigenvalue weighted by atomic mass is 10.1. The number of anilines is 2. The molecule has 1 aliphatic rings. The highest BCUT2D eigenvalue weighted by molar-refractivity contribution is 6.01. The highest BCUT2D eigenvalue weighted by Crippen LogP contribution is 2.41. The first-order valence-corrected chi connectivity index (χ1v) is 11.3. The fraction of sp³-hybridized carbons (Fsp3) is 0.280. The van der Waals surface area contributed by atoms with Crippen molar-refractivity contribution in [3.63, 3.8) is 0 Å². The van der Waals surface area contributed by atoms with Crippen LogP contribution in [0.4, 0.5) is 16.2 Å². The van der Waals surface area contributed by atoms with E-state index in [0.717, 1.165) is 28.7 Å². The first-order chi connectivity index (χ1) is 16.5. The summed E-state index contributed by atoms with van der Waals surface area (Å²) < 4.78 is 13.2. The Labute approximate surface area is 196 Å². The molecule has 2 aromatic heterocycles. The van der Waals surface area contributed by atoms with Gasteiger partial charge >= 0.3 is 12.1 Å². The number of fused-ring (bicyclic) bond motifs is 1. The fourth-order valence-electron chi connectivity index (χ4n) is 3.94. The number of carbonyl (C=O) groups excluding carboxylic acids is 1. The number of carbonyl (C=O) groups is 1. The van der Waals surface area contributed by atoms with Gasteiger partial charge in [0.2, 0.25) is 0 Å². The third-order valence-corrected chi connectivity index (χ3v) is 5.64. The standard InChI is InChI=1S/C25H26N6O3/c1-15(2)33-25(32)30-18-7-5-17(6-8-18)23-22(26)20-10-9-19(34-24-28-13-27-14-29-24)11-21(20)31(23)12-16-3-4-16/h5-11,13-16H,3-4,12,26H2,1-2H3,(H,30,32). The minimum absolute atomic E-state index is 0.184. The predicted molar refractivity (Wildman–Crippen MR) is 130 cm³/mol. The van der Waals surface area contributed by atoms with Crippen molar-refractivity contribution in [1.82, 2.24) is 19.5 Å². The number of aromatic nitrogens is 4. The van der Waals surface area contributed by atoms with Crippen LogP contribution in [0.5, 0.6) is 11.8 Å². The number of nitrogen functional groups attached to an aromatic ring is 1. The van der Waals surface area contributed by atoms with Crippen molar-refractivity contribution in [3.8, 4) is 23.0 Å². The number of hydrogen-bond acceptors (Lipinski definition) is 7. The lowest BCUT2D eigenvalue weighted by Gasteiger charge is -2.13. The molecule has 0 radical (unpaired) electrons. The lowest BCUT2D eigenvalue weighted by Crippen LogP contribution is -2.17. The van der Waals surface area contributed by atoms with Crippen LogP contribution in [0, 0.1) is 5.92 Å². The van der Waals surface area contributed by atoms with Crippen LogP contribution < -0.4 is 15.8 Å². The molecular weight excluding hydrogens is 432 g/mol. The molecule has 1 aliphatic carbocycles. The molecule has 0 saturated heterocycles. The van der Waals surface area contributed by atoms with E-state index in [1.165, 1.54) is 25.5 Å². The Bertz CT molecular complexity index is 1310. The van der Waals surface area contributed by atoms with E-state index in [2.05, 4.69) is 24.8 Å². The normalized spacial score (nSPS) is 13.3. The van der Waals surface area contributed by atoms with Crippen molar-refractivity contribution in [1.29, 1.82) is 0 Å². The summed E-state index contributed by atoms with van der Waals surface area (Å²) in [6.07, 6.45) is 4.55. The zero-order valence-electron chi connectivity index (χ0n) is 19.1. The Morgan fingerprint density at radius 1 is 1.15 bits per heavy atom. The van der Waals surface area contributed by atoms with Gasteiger partial charge in [-0.25, -0.2) is 9.78 Å². The van der Waals surface area contributed by atoms with Crippen LogP contribution in [-0.4, -0.2) is 31.7 Å². The smallest absolute Gasteiger partial charge is 0.411 e. The average molecular weight is 459 g/mol. The summed E-state index contributed by atoms with van der Waals surface area (Å²) >= 11 is 0. The minimum atomic E-state index is -0.476. The first-order valence-electron chi connectivity index (χ1n) is 11.3. The molecule has 0 unspecified atom stereocenters. The number of ether oxygens (including phenoxy) is 2. The van der Waals surface area contributed by atoms with Crippen LogP contribution in [0.25, 0.3) is 22.2 Å². The SMILES string of the molecule is CC(C)OC(=O)Nc1ccc(-c2c(N)c3ccc(Oc4ncncn4)cc3n2CC2CC2)cc1. The van der Waals surface area contributed by atoms with Crippen molar-refractivity contribution in [3.05, 3.63) is 55.1 Å². The third-order valence-electron chi connectivity index (χ3n) is 5.64. The van der Waals surface area contributed by atoms with Crippen molar-refractivity contribution in [2.75, 3.05) is 11.1 Å². The van der Waals surface area contributed by atoms with Gasteiger partial charge in [0.15, 0.2) is 0 Å². The minimum Gasteiger partial charge on any atom is -0.447 e. The second-order valence-corrected chi connectivity index (χ2v) is 8.67. The molecule has 0 atom stereocenters. The maximum absolute atomic E-state index is 11.9. The maximum Gasteiger partial charge on any atom is 0.411 e. The topological polar surface area (TPSA) is 117 Å². The molecule has 174 valence electrons. The number of nitrogens with one attached hydrogen (secondary N) is 1. The molecule has 4 aromatic rings. The summed E-state index contributed by atoms with van der Waals surface area (Å²) in [6.45, 7) is 4.49. The highest BCUT2D eigenvalue weighted by Gasteiger charge is 2.26. The average Bonchev–Trinajstić information content (AvgIpc) is 3.59. The van der Waals surface area contributed by atoms with Gasteiger partial charge in [0.05, 0.1) is 23.0 Å². The van der Waals surface area contributed by atoms with Gasteiger partial charge in [-0.05, 0) is 56.9 Å². The van der Waals surface area contributed by atoms with Crippen LogP contribution in [0.1, 0.15) is 26.7 Å². The number of benzene rings is 2. The van der Waals surface area contributed by atoms with Crippen LogP contribution in [0.15, 0.2) is 55.1 Å². The van der Waals surface area contributed by atoms with Gasteiger partial charge in [0.1, 0.15) is 18.4 Å². The maximum atomic E-state index is 11.9. The Morgan fingerprint density at radius 2 is 1.88 bits per heavy atom. The number of nitrogens with zero attached hydrogens (tertiary/aromatic N) is 4. The third kappa shape index (κ3) is 4.63. The molecule has 0 aliphatic heterocycles. The summed E-state index contributed by atoms with van der Waals surface area (Å²) in [6, 6.07) is 13.7. The van der Waals surface area contributed by atoms with E-state index in [1.807, 2.05) is 56.3 Å². The van der Waals surface area contributed by atoms with E-state index in [4.69, 9.17) is 15.2 Å². The predicted octanol–water partition coefficient (Wildman–Crippen LogP) is 5.23. The molecule has 0 bridgehead atoms. The summed E-state index contributed by atoms with van der Waals surface area (Å²) in [4.78, 5) is 23.8. The first kappa shape index (κ1) is 21.7. The fourth-order valence-corrected chi connectivity index (χ4v) is 3.94. The second kappa shape index (κ2) is 9.01. The number of rotatable bonds is 7. The van der Waals surface area contributed by atoms with Crippen molar-refractivity contribution < 1.29 is 14.3 Å². The van der Waals surface area contributed by atoms with Gasteiger partial charge < -0.3 is 19.8 Å². The quantitative estimate of drug-likeness (QED) is 0.389. The summed E-state index contributed by atoms with van der Waals surface area (Å²) in [5.41, 5.74) is 10.9. The van der Waals surface area contributed by atoms with E-state index in [9.17, 15) is 4.79 Å². The molecule has 9 nitrogen and oxygen atoms in total. The molecule has 9 heteroatoms. The van der Waals surface area contributed by atoms with Gasteiger partial charge in [-0.3, -0.25) is 5.32 Å². The molecule has 1 saturated carbocycles. The summed E-state index contributed by atoms with van der Waals surface area (Å²) in [5, 5.41) is 3.71. The van der Waals surface area contributed by atoms with E-state index < -0.39 is 6.09 Å². The lowest BCUT2D eigenvalue weighted by molar-refractivity contribution is 0.130. The monoisotopic (exact) mass is 458 g/mol. The molecule has 5 rings (SSSR count). The number of hydrogen-bond donors (Lipinski definition) is 2. The van der Waals surface area contributed by atoms with Gasteiger partial charge in [0, 0.05) is 29.2 Å².